The topological polar surface area (TPSA) is 66.0 Å². The Labute approximate surface area is 73.9 Å². The summed E-state index contributed by atoms with van der Waals surface area (Å²) in [5.41, 5.74) is 1.07. The van der Waals surface area contributed by atoms with Gasteiger partial charge in [0.15, 0.2) is 0 Å². The zero-order valence-electron chi connectivity index (χ0n) is 7.03. The highest BCUT2D eigenvalue weighted by Crippen LogP contribution is 2.14. The van der Waals surface area contributed by atoms with Crippen LogP contribution in [0.4, 0.5) is 0 Å². The Morgan fingerprint density at radius 3 is 3.00 bits per heavy atom. The molecule has 2 rings (SSSR count). The molecule has 0 aromatic carbocycles. The van der Waals surface area contributed by atoms with Gasteiger partial charge in [-0.05, 0) is 18.6 Å². The fourth-order valence-electron chi connectivity index (χ4n) is 1.29. The molecule has 0 atom stereocenters. The molecule has 0 aliphatic heterocycles. The summed E-state index contributed by atoms with van der Waals surface area (Å²) >= 11 is 0. The van der Waals surface area contributed by atoms with Crippen molar-refractivity contribution in [1.29, 1.82) is 0 Å². The van der Waals surface area contributed by atoms with Crippen molar-refractivity contribution in [3.8, 4) is 5.88 Å². The Hall–Kier alpha value is -1.84. The molecule has 13 heavy (non-hydrogen) atoms. The quantitative estimate of drug-likeness (QED) is 0.627. The van der Waals surface area contributed by atoms with Gasteiger partial charge >= 0.3 is 0 Å². The number of aromatic hydroxyl groups is 1. The minimum atomic E-state index is -0.205. The highest BCUT2D eigenvalue weighted by molar-refractivity contribution is 5.78. The number of nitrogens with one attached hydrogen (secondary N) is 1. The smallest absolute Gasteiger partial charge is 0.249 e. The maximum Gasteiger partial charge on any atom is 0.249 e. The van der Waals surface area contributed by atoms with E-state index in [0.717, 1.165) is 10.9 Å². The van der Waals surface area contributed by atoms with Crippen LogP contribution in [0.3, 0.4) is 0 Å². The number of rotatable bonds is 0. The van der Waals surface area contributed by atoms with Crippen LogP contribution >= 0.6 is 0 Å². The summed E-state index contributed by atoms with van der Waals surface area (Å²) in [4.78, 5) is 17.4. The molecule has 0 fully saturated rings. The van der Waals surface area contributed by atoms with Crippen LogP contribution in [0.2, 0.25) is 0 Å². The molecular weight excluding hydrogens is 168 g/mol. The highest BCUT2D eigenvalue weighted by atomic mass is 16.3. The molecule has 0 spiro atoms. The van der Waals surface area contributed by atoms with Gasteiger partial charge in [0.1, 0.15) is 5.65 Å². The number of hydrogen-bond donors (Lipinski definition) is 2. The van der Waals surface area contributed by atoms with Crippen molar-refractivity contribution in [3.05, 3.63) is 34.1 Å². The number of aromatic amines is 1. The van der Waals surface area contributed by atoms with E-state index < -0.39 is 0 Å². The lowest BCUT2D eigenvalue weighted by Gasteiger charge is -1.99. The van der Waals surface area contributed by atoms with Crippen molar-refractivity contribution < 1.29 is 5.11 Å². The minimum Gasteiger partial charge on any atom is -0.493 e. The molecule has 0 bridgehead atoms. The molecule has 2 heterocycles. The third-order valence-corrected chi connectivity index (χ3v) is 1.89. The van der Waals surface area contributed by atoms with Crippen molar-refractivity contribution in [2.45, 2.75) is 6.92 Å². The second-order valence-corrected chi connectivity index (χ2v) is 2.88. The molecule has 0 aliphatic carbocycles. The monoisotopic (exact) mass is 176 g/mol. The molecule has 4 heteroatoms. The van der Waals surface area contributed by atoms with E-state index in [1.54, 1.807) is 6.07 Å². The van der Waals surface area contributed by atoms with Crippen LogP contribution in [-0.2, 0) is 0 Å². The van der Waals surface area contributed by atoms with Crippen LogP contribution in [0.1, 0.15) is 5.56 Å². The first-order valence-corrected chi connectivity index (χ1v) is 3.86. The molecule has 2 aromatic rings. The predicted molar refractivity (Wildman–Crippen MR) is 48.8 cm³/mol. The van der Waals surface area contributed by atoms with E-state index >= 15 is 0 Å². The average Bonchev–Trinajstić information content (AvgIpc) is 2.02. The fourth-order valence-corrected chi connectivity index (χ4v) is 1.29. The second-order valence-electron chi connectivity index (χ2n) is 2.88. The summed E-state index contributed by atoms with van der Waals surface area (Å²) in [6, 6.07) is 4.72. The zero-order valence-corrected chi connectivity index (χ0v) is 7.03. The molecule has 0 amide bonds. The maximum atomic E-state index is 11.0. The molecule has 2 N–H and O–H groups in total. The van der Waals surface area contributed by atoms with Gasteiger partial charge in [-0.25, -0.2) is 0 Å². The van der Waals surface area contributed by atoms with Crippen LogP contribution in [0.25, 0.3) is 11.0 Å². The Bertz CT molecular complexity index is 516. The minimum absolute atomic E-state index is 0.0891. The van der Waals surface area contributed by atoms with E-state index in [-0.39, 0.29) is 11.4 Å². The van der Waals surface area contributed by atoms with Gasteiger partial charge in [-0.3, -0.25) is 4.79 Å². The van der Waals surface area contributed by atoms with Gasteiger partial charge in [-0.2, -0.15) is 4.98 Å². The van der Waals surface area contributed by atoms with Crippen LogP contribution in [0.5, 0.6) is 5.88 Å². The molecule has 0 saturated heterocycles. The second kappa shape index (κ2) is 2.58. The molecule has 0 saturated carbocycles. The summed E-state index contributed by atoms with van der Waals surface area (Å²) < 4.78 is 0. The van der Waals surface area contributed by atoms with Crippen molar-refractivity contribution in [2.75, 3.05) is 0 Å². The summed E-state index contributed by atoms with van der Waals surface area (Å²) in [6.45, 7) is 1.83. The average molecular weight is 176 g/mol. The van der Waals surface area contributed by atoms with Gasteiger partial charge in [-0.1, -0.05) is 0 Å². The van der Waals surface area contributed by atoms with Gasteiger partial charge in [0.05, 0.1) is 0 Å². The normalized spacial score (nSPS) is 10.5. The SMILES string of the molecule is Cc1cc(=O)[nH]c2nc(O)ccc12. The standard InChI is InChI=1S/C9H8N2O2/c1-5-4-8(13)11-9-6(5)2-3-7(12)10-9/h2-4H,1H3,(H2,10,11,12,13). The molecular formula is C9H8N2O2. The number of nitrogens with zero attached hydrogens (tertiary/aromatic N) is 1. The first-order valence-electron chi connectivity index (χ1n) is 3.86. The van der Waals surface area contributed by atoms with Gasteiger partial charge in [-0.15, -0.1) is 0 Å². The number of aryl methyl sites for hydroxylation is 1. The van der Waals surface area contributed by atoms with Gasteiger partial charge in [0.25, 0.3) is 0 Å². The van der Waals surface area contributed by atoms with Gasteiger partial charge in [0, 0.05) is 17.5 Å². The van der Waals surface area contributed by atoms with Gasteiger partial charge in [0.2, 0.25) is 11.4 Å². The Morgan fingerprint density at radius 1 is 1.46 bits per heavy atom. The van der Waals surface area contributed by atoms with Crippen LogP contribution in [0, 0.1) is 6.92 Å². The molecule has 0 aliphatic rings. The summed E-state index contributed by atoms with van der Waals surface area (Å²) in [7, 11) is 0. The summed E-state index contributed by atoms with van der Waals surface area (Å²) in [5.74, 6) is -0.0891. The highest BCUT2D eigenvalue weighted by Gasteiger charge is 2.00. The number of hydrogen-bond acceptors (Lipinski definition) is 3. The third kappa shape index (κ3) is 1.26. The molecule has 0 radical (unpaired) electrons. The molecule has 0 unspecified atom stereocenters. The first-order chi connectivity index (χ1) is 6.16. The van der Waals surface area contributed by atoms with E-state index in [1.165, 1.54) is 12.1 Å². The summed E-state index contributed by atoms with van der Waals surface area (Å²) in [6.07, 6.45) is 0. The van der Waals surface area contributed by atoms with Crippen LogP contribution in [-0.4, -0.2) is 15.1 Å². The molecule has 66 valence electrons. The summed E-state index contributed by atoms with van der Waals surface area (Å²) in [5, 5.41) is 9.92. The van der Waals surface area contributed by atoms with Crippen LogP contribution in [0.15, 0.2) is 23.0 Å². The number of pyridine rings is 2. The van der Waals surface area contributed by atoms with Gasteiger partial charge < -0.3 is 10.1 Å². The third-order valence-electron chi connectivity index (χ3n) is 1.89. The predicted octanol–water partition coefficient (Wildman–Crippen LogP) is 0.937. The van der Waals surface area contributed by atoms with E-state index in [4.69, 9.17) is 5.11 Å². The van der Waals surface area contributed by atoms with E-state index in [9.17, 15) is 4.79 Å². The van der Waals surface area contributed by atoms with Crippen molar-refractivity contribution in [2.24, 2.45) is 0 Å². The zero-order chi connectivity index (χ0) is 9.42. The van der Waals surface area contributed by atoms with E-state index in [0.29, 0.717) is 5.65 Å². The lowest BCUT2D eigenvalue weighted by Crippen LogP contribution is -2.05. The fraction of sp³-hybridized carbons (Fsp3) is 0.111. The Balaban J connectivity index is 2.94. The van der Waals surface area contributed by atoms with Crippen molar-refractivity contribution >= 4 is 11.0 Å². The largest absolute Gasteiger partial charge is 0.493 e. The first kappa shape index (κ1) is 7.79. The van der Waals surface area contributed by atoms with Crippen LogP contribution < -0.4 is 5.56 Å². The number of fused-ring (bicyclic) bond motifs is 1. The molecule has 2 aromatic heterocycles. The number of H-pyrrole nitrogens is 1. The van der Waals surface area contributed by atoms with E-state index in [1.807, 2.05) is 6.92 Å². The molecule has 4 nitrogen and oxygen atoms in total. The number of aromatic nitrogens is 2. The van der Waals surface area contributed by atoms with E-state index in [2.05, 4.69) is 9.97 Å². The Kier molecular flexibility index (Phi) is 1.55. The lowest BCUT2D eigenvalue weighted by atomic mass is 10.2. The lowest BCUT2D eigenvalue weighted by molar-refractivity contribution is 0.455. The maximum absolute atomic E-state index is 11.0. The Morgan fingerprint density at radius 2 is 2.23 bits per heavy atom. The van der Waals surface area contributed by atoms with Crippen molar-refractivity contribution in [1.82, 2.24) is 9.97 Å². The van der Waals surface area contributed by atoms with Crippen molar-refractivity contribution in [3.63, 3.8) is 0 Å².